The quantitative estimate of drug-likeness (QED) is 0.268. The standard InChI is InChI=1S/C13H23N3O5S/c1-5-6-7-21-10(18)8-14-12(19)11(15-9(2)17)13(3,4)22-16-20/h11H,5-8H2,1-4H3,(H,14,19)(H,15,17)/t11-/m0/s1. The SMILES string of the molecule is CCCCOC(=O)CNC(=O)[C@H](NC(C)=O)C(C)(C)SN=O. The summed E-state index contributed by atoms with van der Waals surface area (Å²) in [7, 11) is 0. The molecule has 0 fully saturated rings. The smallest absolute Gasteiger partial charge is 0.325 e. The van der Waals surface area contributed by atoms with E-state index in [1.807, 2.05) is 6.92 Å². The van der Waals surface area contributed by atoms with Gasteiger partial charge in [0.25, 0.3) is 0 Å². The second kappa shape index (κ2) is 10.1. The second-order valence-corrected chi connectivity index (χ2v) is 6.58. The first-order chi connectivity index (χ1) is 10.2. The van der Waals surface area contributed by atoms with E-state index >= 15 is 0 Å². The molecule has 0 spiro atoms. The van der Waals surface area contributed by atoms with Gasteiger partial charge in [-0.1, -0.05) is 13.3 Å². The summed E-state index contributed by atoms with van der Waals surface area (Å²) in [5.74, 6) is -1.56. The first-order valence-corrected chi connectivity index (χ1v) is 7.73. The van der Waals surface area contributed by atoms with Gasteiger partial charge in [-0.05, 0) is 20.3 Å². The summed E-state index contributed by atoms with van der Waals surface area (Å²) in [4.78, 5) is 45.3. The van der Waals surface area contributed by atoms with Gasteiger partial charge in [-0.15, -0.1) is 4.91 Å². The molecule has 0 unspecified atom stereocenters. The molecule has 126 valence electrons. The molecule has 0 saturated carbocycles. The van der Waals surface area contributed by atoms with E-state index in [2.05, 4.69) is 15.2 Å². The van der Waals surface area contributed by atoms with Crippen LogP contribution in [-0.2, 0) is 19.1 Å². The summed E-state index contributed by atoms with van der Waals surface area (Å²) in [5, 5.41) is 4.85. The van der Waals surface area contributed by atoms with Crippen molar-refractivity contribution in [2.24, 2.45) is 4.58 Å². The minimum absolute atomic E-state index is 0.298. The summed E-state index contributed by atoms with van der Waals surface area (Å²) in [6, 6.07) is -1.00. The van der Waals surface area contributed by atoms with Crippen LogP contribution in [0.2, 0.25) is 0 Å². The number of nitrogens with zero attached hydrogens (tertiary/aromatic N) is 1. The normalized spacial score (nSPS) is 12.2. The maximum Gasteiger partial charge on any atom is 0.325 e. The van der Waals surface area contributed by atoms with Gasteiger partial charge in [0.1, 0.15) is 12.6 Å². The van der Waals surface area contributed by atoms with E-state index in [-0.39, 0.29) is 6.54 Å². The van der Waals surface area contributed by atoms with Crippen molar-refractivity contribution in [1.82, 2.24) is 10.6 Å². The molecule has 0 radical (unpaired) electrons. The highest BCUT2D eigenvalue weighted by Gasteiger charge is 2.37. The monoisotopic (exact) mass is 333 g/mol. The molecule has 2 amide bonds. The van der Waals surface area contributed by atoms with Crippen LogP contribution < -0.4 is 10.6 Å². The maximum atomic E-state index is 12.1. The first kappa shape index (κ1) is 20.4. The highest BCUT2D eigenvalue weighted by Crippen LogP contribution is 2.29. The molecule has 9 heteroatoms. The lowest BCUT2D eigenvalue weighted by Crippen LogP contribution is -2.56. The van der Waals surface area contributed by atoms with Crippen molar-refractivity contribution in [2.45, 2.75) is 51.3 Å². The Bertz CT molecular complexity index is 414. The van der Waals surface area contributed by atoms with Crippen LogP contribution >= 0.6 is 11.9 Å². The molecule has 8 nitrogen and oxygen atoms in total. The Morgan fingerprint density at radius 3 is 2.45 bits per heavy atom. The molecule has 0 aromatic rings. The van der Waals surface area contributed by atoms with Crippen molar-refractivity contribution in [3.05, 3.63) is 4.91 Å². The fourth-order valence-electron chi connectivity index (χ4n) is 1.55. The second-order valence-electron chi connectivity index (χ2n) is 5.19. The molecule has 22 heavy (non-hydrogen) atoms. The maximum absolute atomic E-state index is 12.1. The molecule has 0 rings (SSSR count). The van der Waals surface area contributed by atoms with E-state index < -0.39 is 28.6 Å². The summed E-state index contributed by atoms with van der Waals surface area (Å²) in [5.41, 5.74) is 0. The Morgan fingerprint density at radius 1 is 1.32 bits per heavy atom. The summed E-state index contributed by atoms with van der Waals surface area (Å²) in [6.45, 7) is 6.42. The van der Waals surface area contributed by atoms with Gasteiger partial charge in [0.2, 0.25) is 11.8 Å². The van der Waals surface area contributed by atoms with Gasteiger partial charge >= 0.3 is 5.97 Å². The van der Waals surface area contributed by atoms with E-state index in [9.17, 15) is 19.3 Å². The molecule has 0 bridgehead atoms. The number of unbranched alkanes of at least 4 members (excludes halogenated alkanes) is 1. The third-order valence-electron chi connectivity index (χ3n) is 2.75. The summed E-state index contributed by atoms with van der Waals surface area (Å²) in [6.07, 6.45) is 1.65. The lowest BCUT2D eigenvalue weighted by molar-refractivity contribution is -0.144. The van der Waals surface area contributed by atoms with Crippen molar-refractivity contribution in [3.63, 3.8) is 0 Å². The molecule has 0 aromatic heterocycles. The van der Waals surface area contributed by atoms with Crippen LogP contribution in [0.4, 0.5) is 0 Å². The Kier molecular flexibility index (Phi) is 9.39. The van der Waals surface area contributed by atoms with Crippen LogP contribution in [0.15, 0.2) is 4.58 Å². The van der Waals surface area contributed by atoms with Crippen molar-refractivity contribution in [1.29, 1.82) is 0 Å². The Balaban J connectivity index is 4.61. The lowest BCUT2D eigenvalue weighted by Gasteiger charge is -2.30. The molecule has 0 heterocycles. The van der Waals surface area contributed by atoms with E-state index in [4.69, 9.17) is 4.74 Å². The van der Waals surface area contributed by atoms with Crippen LogP contribution in [0.1, 0.15) is 40.5 Å². The van der Waals surface area contributed by atoms with Crippen molar-refractivity contribution in [3.8, 4) is 0 Å². The van der Waals surface area contributed by atoms with Gasteiger partial charge in [0.15, 0.2) is 0 Å². The van der Waals surface area contributed by atoms with Crippen LogP contribution in [0.5, 0.6) is 0 Å². The van der Waals surface area contributed by atoms with Crippen LogP contribution in [0, 0.1) is 4.91 Å². The Hall–Kier alpha value is -1.64. The van der Waals surface area contributed by atoms with E-state index in [1.165, 1.54) is 6.92 Å². The predicted molar refractivity (Wildman–Crippen MR) is 83.9 cm³/mol. The molecule has 0 saturated heterocycles. The number of rotatable bonds is 10. The minimum Gasteiger partial charge on any atom is -0.464 e. The predicted octanol–water partition coefficient (Wildman–Crippen LogP) is 1.14. The lowest BCUT2D eigenvalue weighted by atomic mass is 10.0. The summed E-state index contributed by atoms with van der Waals surface area (Å²) >= 11 is 0.641. The highest BCUT2D eigenvalue weighted by molar-refractivity contribution is 7.99. The van der Waals surface area contributed by atoms with E-state index in [0.29, 0.717) is 18.6 Å². The number of hydrogen-bond acceptors (Lipinski definition) is 7. The number of amides is 2. The number of hydrogen-bond donors (Lipinski definition) is 2. The number of nitroso groups, excluding NO2 is 1. The van der Waals surface area contributed by atoms with Gasteiger partial charge in [-0.3, -0.25) is 14.4 Å². The number of carbonyl (C=O) groups excluding carboxylic acids is 3. The molecule has 1 atom stereocenters. The molecular formula is C13H23N3O5S. The van der Waals surface area contributed by atoms with Gasteiger partial charge in [-0.2, -0.15) is 0 Å². The molecule has 0 aliphatic heterocycles. The number of carbonyl (C=O) groups is 3. The number of ether oxygens (including phenoxy) is 1. The summed E-state index contributed by atoms with van der Waals surface area (Å²) < 4.78 is 6.66. The van der Waals surface area contributed by atoms with Gasteiger partial charge in [0.05, 0.1) is 11.4 Å². The van der Waals surface area contributed by atoms with E-state index in [1.54, 1.807) is 13.8 Å². The van der Waals surface area contributed by atoms with Crippen LogP contribution in [0.25, 0.3) is 0 Å². The highest BCUT2D eigenvalue weighted by atomic mass is 32.2. The van der Waals surface area contributed by atoms with Crippen molar-refractivity contribution >= 4 is 29.7 Å². The zero-order valence-electron chi connectivity index (χ0n) is 13.3. The average Bonchev–Trinajstić information content (AvgIpc) is 2.42. The van der Waals surface area contributed by atoms with Gasteiger partial charge in [0, 0.05) is 23.5 Å². The molecule has 0 aromatic carbocycles. The third-order valence-corrected chi connectivity index (χ3v) is 3.53. The fraction of sp³-hybridized carbons (Fsp3) is 0.769. The zero-order valence-corrected chi connectivity index (χ0v) is 14.1. The Morgan fingerprint density at radius 2 is 1.95 bits per heavy atom. The van der Waals surface area contributed by atoms with E-state index in [0.717, 1.165) is 12.8 Å². The topological polar surface area (TPSA) is 114 Å². The van der Waals surface area contributed by atoms with Crippen molar-refractivity contribution < 1.29 is 19.1 Å². The number of esters is 1. The Labute approximate surface area is 134 Å². The van der Waals surface area contributed by atoms with Gasteiger partial charge in [-0.25, -0.2) is 0 Å². The largest absolute Gasteiger partial charge is 0.464 e. The average molecular weight is 333 g/mol. The fourth-order valence-corrected chi connectivity index (χ4v) is 2.01. The van der Waals surface area contributed by atoms with Gasteiger partial charge < -0.3 is 15.4 Å². The number of nitrogens with one attached hydrogen (secondary N) is 2. The first-order valence-electron chi connectivity index (χ1n) is 6.95. The third kappa shape index (κ3) is 7.96. The minimum atomic E-state index is -1.00. The zero-order chi connectivity index (χ0) is 17.2. The molecular weight excluding hydrogens is 310 g/mol. The van der Waals surface area contributed by atoms with Crippen molar-refractivity contribution in [2.75, 3.05) is 13.2 Å². The molecule has 0 aliphatic carbocycles. The molecule has 0 aliphatic rings. The van der Waals surface area contributed by atoms with Crippen LogP contribution in [0.3, 0.4) is 0 Å². The molecule has 2 N–H and O–H groups in total. The van der Waals surface area contributed by atoms with Crippen LogP contribution in [-0.4, -0.2) is 41.7 Å².